The Morgan fingerprint density at radius 1 is 1.16 bits per heavy atom. The van der Waals surface area contributed by atoms with Crippen LogP contribution in [0.5, 0.6) is 11.5 Å². The Labute approximate surface area is 183 Å². The van der Waals surface area contributed by atoms with E-state index in [-0.39, 0.29) is 5.41 Å². The molecule has 1 saturated carbocycles. The molecule has 31 heavy (non-hydrogen) atoms. The van der Waals surface area contributed by atoms with E-state index >= 15 is 0 Å². The molecule has 0 spiro atoms. The summed E-state index contributed by atoms with van der Waals surface area (Å²) in [7, 11) is 1.73. The van der Waals surface area contributed by atoms with E-state index in [1.165, 1.54) is 36.2 Å². The smallest absolute Gasteiger partial charge is 0.128 e. The highest BCUT2D eigenvalue weighted by molar-refractivity contribution is 5.86. The maximum absolute atomic E-state index is 10.3. The van der Waals surface area contributed by atoms with Gasteiger partial charge in [0.15, 0.2) is 0 Å². The number of phenols is 1. The van der Waals surface area contributed by atoms with Crippen molar-refractivity contribution in [2.75, 3.05) is 26.7 Å². The number of ether oxygens (including phenoxy) is 1. The maximum Gasteiger partial charge on any atom is 0.128 e. The number of aromatic nitrogens is 1. The lowest BCUT2D eigenvalue weighted by atomic mass is 9.58. The lowest BCUT2D eigenvalue weighted by Gasteiger charge is -2.51. The average Bonchev–Trinajstić information content (AvgIpc) is 3.60. The van der Waals surface area contributed by atoms with E-state index < -0.39 is 0 Å². The van der Waals surface area contributed by atoms with Crippen molar-refractivity contribution in [1.29, 1.82) is 0 Å². The Morgan fingerprint density at radius 2 is 2.03 bits per heavy atom. The van der Waals surface area contributed by atoms with E-state index in [9.17, 15) is 5.11 Å². The van der Waals surface area contributed by atoms with Gasteiger partial charge in [-0.3, -0.25) is 4.98 Å². The molecule has 2 aliphatic carbocycles. The zero-order chi connectivity index (χ0) is 21.0. The fraction of sp³-hybridized carbons (Fsp3) is 0.444. The number of methoxy groups -OCH3 is 1. The van der Waals surface area contributed by atoms with Crippen molar-refractivity contribution in [3.63, 3.8) is 0 Å². The van der Waals surface area contributed by atoms with Gasteiger partial charge in [-0.15, -0.1) is 0 Å². The minimum absolute atomic E-state index is 0.0470. The number of aromatic hydroxyl groups is 1. The summed E-state index contributed by atoms with van der Waals surface area (Å²) in [6, 6.07) is 16.5. The molecule has 1 aromatic heterocycles. The SMILES string of the molecule is COc1cccc2nc3c(cc12)C[C@H]1CN(CC2CC2)CC[C@@]1(c1cccc(O)c1)C3. The van der Waals surface area contributed by atoms with Crippen molar-refractivity contribution in [3.8, 4) is 11.5 Å². The molecule has 4 nitrogen and oxygen atoms in total. The third-order valence-electron chi connectivity index (χ3n) is 7.93. The molecule has 3 aromatic rings. The summed E-state index contributed by atoms with van der Waals surface area (Å²) in [6.45, 7) is 3.53. The van der Waals surface area contributed by atoms with Gasteiger partial charge in [-0.1, -0.05) is 18.2 Å². The molecule has 0 unspecified atom stereocenters. The predicted molar refractivity (Wildman–Crippen MR) is 123 cm³/mol. The number of fused-ring (bicyclic) bond motifs is 3. The minimum atomic E-state index is 0.0470. The quantitative estimate of drug-likeness (QED) is 0.671. The molecule has 0 radical (unpaired) electrons. The van der Waals surface area contributed by atoms with Crippen LogP contribution in [0.2, 0.25) is 0 Å². The van der Waals surface area contributed by atoms with Gasteiger partial charge >= 0.3 is 0 Å². The van der Waals surface area contributed by atoms with Crippen LogP contribution in [0.25, 0.3) is 10.9 Å². The highest BCUT2D eigenvalue weighted by Gasteiger charge is 2.48. The minimum Gasteiger partial charge on any atom is -0.508 e. The van der Waals surface area contributed by atoms with Crippen molar-refractivity contribution >= 4 is 10.9 Å². The Bertz CT molecular complexity index is 1140. The second kappa shape index (κ2) is 7.23. The first-order chi connectivity index (χ1) is 15.1. The third-order valence-corrected chi connectivity index (χ3v) is 7.93. The first-order valence-corrected chi connectivity index (χ1v) is 11.6. The van der Waals surface area contributed by atoms with Crippen LogP contribution in [0.1, 0.15) is 36.1 Å². The van der Waals surface area contributed by atoms with Crippen molar-refractivity contribution in [2.45, 2.75) is 37.5 Å². The van der Waals surface area contributed by atoms with Gasteiger partial charge in [0.05, 0.1) is 12.6 Å². The summed E-state index contributed by atoms with van der Waals surface area (Å²) in [5, 5.41) is 11.4. The second-order valence-corrected chi connectivity index (χ2v) is 9.86. The van der Waals surface area contributed by atoms with Crippen molar-refractivity contribution < 1.29 is 9.84 Å². The van der Waals surface area contributed by atoms with Crippen LogP contribution in [-0.4, -0.2) is 41.7 Å². The fourth-order valence-corrected chi connectivity index (χ4v) is 6.08. The van der Waals surface area contributed by atoms with E-state index in [1.807, 2.05) is 24.3 Å². The number of nitrogens with zero attached hydrogens (tertiary/aromatic N) is 2. The molecule has 2 aromatic carbocycles. The number of phenolic OH excluding ortho intramolecular Hbond substituents is 1. The highest BCUT2D eigenvalue weighted by atomic mass is 16.5. The van der Waals surface area contributed by atoms with Gasteiger partial charge in [-0.2, -0.15) is 0 Å². The van der Waals surface area contributed by atoms with Gasteiger partial charge in [-0.05, 0) is 85.5 Å². The molecular weight excluding hydrogens is 384 g/mol. The van der Waals surface area contributed by atoms with Crippen LogP contribution >= 0.6 is 0 Å². The molecule has 3 aliphatic rings. The lowest BCUT2D eigenvalue weighted by molar-refractivity contribution is 0.0777. The number of hydrogen-bond acceptors (Lipinski definition) is 4. The Balaban J connectivity index is 1.44. The van der Waals surface area contributed by atoms with Gasteiger partial charge in [-0.25, -0.2) is 0 Å². The molecule has 160 valence electrons. The van der Waals surface area contributed by atoms with Gasteiger partial charge in [0.1, 0.15) is 11.5 Å². The Morgan fingerprint density at radius 3 is 2.84 bits per heavy atom. The maximum atomic E-state index is 10.3. The van der Waals surface area contributed by atoms with Crippen LogP contribution in [-0.2, 0) is 18.3 Å². The standard InChI is InChI=1S/C27H30N2O2/c1-31-26-7-3-6-24-23(26)13-19-12-21-17-29(16-18-8-9-18)11-10-27(21,15-25(19)28-24)20-4-2-5-22(30)14-20/h2-7,13-14,18,21,30H,8-12,15-17H2,1H3/t21-,27-/m0/s1. The second-order valence-electron chi connectivity index (χ2n) is 9.86. The number of piperidine rings is 1. The van der Waals surface area contributed by atoms with Gasteiger partial charge < -0.3 is 14.7 Å². The van der Waals surface area contributed by atoms with Crippen LogP contribution < -0.4 is 4.74 Å². The van der Waals surface area contributed by atoms with E-state index in [4.69, 9.17) is 9.72 Å². The van der Waals surface area contributed by atoms with Crippen molar-refractivity contribution in [1.82, 2.24) is 9.88 Å². The van der Waals surface area contributed by atoms with Crippen molar-refractivity contribution in [2.24, 2.45) is 11.8 Å². The van der Waals surface area contributed by atoms with Gasteiger partial charge in [0.25, 0.3) is 0 Å². The fourth-order valence-electron chi connectivity index (χ4n) is 6.08. The Kier molecular flexibility index (Phi) is 4.46. The average molecular weight is 415 g/mol. The predicted octanol–water partition coefficient (Wildman–Crippen LogP) is 4.72. The lowest BCUT2D eigenvalue weighted by Crippen LogP contribution is -2.54. The van der Waals surface area contributed by atoms with Gasteiger partial charge in [0.2, 0.25) is 0 Å². The zero-order valence-corrected chi connectivity index (χ0v) is 18.2. The zero-order valence-electron chi connectivity index (χ0n) is 18.2. The molecule has 0 amide bonds. The Hall–Kier alpha value is -2.59. The summed E-state index contributed by atoms with van der Waals surface area (Å²) in [5.41, 5.74) is 4.92. The highest BCUT2D eigenvalue weighted by Crippen LogP contribution is 2.49. The van der Waals surface area contributed by atoms with Crippen molar-refractivity contribution in [3.05, 3.63) is 65.4 Å². The summed E-state index contributed by atoms with van der Waals surface area (Å²) in [6.07, 6.45) is 5.91. The first kappa shape index (κ1) is 19.1. The third kappa shape index (κ3) is 3.28. The summed E-state index contributed by atoms with van der Waals surface area (Å²) in [5.74, 6) is 2.71. The summed E-state index contributed by atoms with van der Waals surface area (Å²) >= 11 is 0. The number of pyridine rings is 1. The van der Waals surface area contributed by atoms with Crippen LogP contribution in [0.15, 0.2) is 48.5 Å². The largest absolute Gasteiger partial charge is 0.508 e. The summed E-state index contributed by atoms with van der Waals surface area (Å²) in [4.78, 5) is 7.83. The summed E-state index contributed by atoms with van der Waals surface area (Å²) < 4.78 is 5.62. The number of likely N-dealkylation sites (tertiary alicyclic amines) is 1. The topological polar surface area (TPSA) is 45.6 Å². The first-order valence-electron chi connectivity index (χ1n) is 11.6. The molecule has 1 N–H and O–H groups in total. The van der Waals surface area contributed by atoms with Gasteiger partial charge in [0, 0.05) is 36.0 Å². The number of benzene rings is 2. The molecule has 2 fully saturated rings. The van der Waals surface area contributed by atoms with E-state index in [1.54, 1.807) is 13.2 Å². The molecule has 4 heteroatoms. The molecule has 1 aliphatic heterocycles. The van der Waals surface area contributed by atoms with Crippen LogP contribution in [0.3, 0.4) is 0 Å². The van der Waals surface area contributed by atoms with Crippen LogP contribution in [0.4, 0.5) is 0 Å². The monoisotopic (exact) mass is 414 g/mol. The number of hydrogen-bond donors (Lipinski definition) is 1. The molecular formula is C27H30N2O2. The molecule has 0 bridgehead atoms. The molecule has 2 atom stereocenters. The van der Waals surface area contributed by atoms with E-state index in [2.05, 4.69) is 23.1 Å². The van der Waals surface area contributed by atoms with Crippen LogP contribution in [0, 0.1) is 11.8 Å². The van der Waals surface area contributed by atoms with E-state index in [0.717, 1.165) is 54.9 Å². The molecule has 6 rings (SSSR count). The molecule has 2 heterocycles. The number of rotatable bonds is 4. The molecule has 1 saturated heterocycles. The normalized spacial score (nSPS) is 25.8. The van der Waals surface area contributed by atoms with E-state index in [0.29, 0.717) is 11.7 Å².